The molecular weight excluding hydrogens is 330 g/mol. The van der Waals surface area contributed by atoms with Crippen LogP contribution < -0.4 is 19.5 Å². The van der Waals surface area contributed by atoms with Gasteiger partial charge in [0, 0.05) is 0 Å². The summed E-state index contributed by atoms with van der Waals surface area (Å²) in [5.41, 5.74) is 1.91. The van der Waals surface area contributed by atoms with Crippen LogP contribution >= 0.6 is 0 Å². The third-order valence-electron chi connectivity index (χ3n) is 3.97. The lowest BCUT2D eigenvalue weighted by molar-refractivity contribution is -0.121. The normalized spacial score (nSPS) is 11.5. The number of benzene rings is 2. The minimum absolute atomic E-state index is 0.0417. The highest BCUT2D eigenvalue weighted by Crippen LogP contribution is 2.28. The molecule has 2 aromatic rings. The van der Waals surface area contributed by atoms with Gasteiger partial charge in [0.25, 0.3) is 0 Å². The Bertz CT molecular complexity index is 712. The molecule has 0 aromatic heterocycles. The van der Waals surface area contributed by atoms with Crippen LogP contribution in [0.4, 0.5) is 0 Å². The van der Waals surface area contributed by atoms with Crippen LogP contribution in [0.2, 0.25) is 0 Å². The van der Waals surface area contributed by atoms with Gasteiger partial charge in [-0.1, -0.05) is 18.2 Å². The largest absolute Gasteiger partial charge is 0.497 e. The van der Waals surface area contributed by atoms with Crippen LogP contribution in [-0.4, -0.2) is 26.2 Å². The Kier molecular flexibility index (Phi) is 7.33. The number of nitrogens with one attached hydrogen (secondary N) is 1. The van der Waals surface area contributed by atoms with Crippen molar-refractivity contribution in [3.8, 4) is 17.2 Å². The summed E-state index contributed by atoms with van der Waals surface area (Å²) < 4.78 is 16.3. The number of hydrogen-bond donors (Lipinski definition) is 1. The average molecular weight is 357 g/mol. The highest BCUT2D eigenvalue weighted by atomic mass is 16.5. The Morgan fingerprint density at radius 3 is 2.27 bits per heavy atom. The number of amides is 1. The predicted molar refractivity (Wildman–Crippen MR) is 102 cm³/mol. The van der Waals surface area contributed by atoms with E-state index in [1.165, 1.54) is 0 Å². The SMILES string of the molecule is CCOc1ccc(CC(=O)N[C@@H](C)c2ccc(OC)cc2)cc1OCC. The van der Waals surface area contributed by atoms with E-state index in [1.807, 2.05) is 63.2 Å². The van der Waals surface area contributed by atoms with Crippen LogP contribution in [0.15, 0.2) is 42.5 Å². The fourth-order valence-corrected chi connectivity index (χ4v) is 2.66. The zero-order valence-corrected chi connectivity index (χ0v) is 15.9. The van der Waals surface area contributed by atoms with Crippen molar-refractivity contribution in [2.75, 3.05) is 20.3 Å². The first-order valence-electron chi connectivity index (χ1n) is 8.89. The van der Waals surface area contributed by atoms with Gasteiger partial charge in [-0.15, -0.1) is 0 Å². The van der Waals surface area contributed by atoms with Gasteiger partial charge in [0.15, 0.2) is 11.5 Å². The van der Waals surface area contributed by atoms with E-state index in [2.05, 4.69) is 5.32 Å². The molecule has 1 amide bonds. The maximum Gasteiger partial charge on any atom is 0.224 e. The average Bonchev–Trinajstić information content (AvgIpc) is 2.64. The minimum atomic E-state index is -0.0810. The molecule has 0 aliphatic heterocycles. The summed E-state index contributed by atoms with van der Waals surface area (Å²) in [5.74, 6) is 2.12. The molecular formula is C21H27NO4. The molecule has 0 heterocycles. The lowest BCUT2D eigenvalue weighted by Gasteiger charge is -2.16. The molecule has 0 radical (unpaired) electrons. The summed E-state index contributed by atoms with van der Waals surface area (Å²) in [5, 5.41) is 3.02. The van der Waals surface area contributed by atoms with Crippen molar-refractivity contribution in [3.63, 3.8) is 0 Å². The summed E-state index contributed by atoms with van der Waals surface area (Å²) in [6, 6.07) is 13.2. The van der Waals surface area contributed by atoms with Crippen LogP contribution in [0.1, 0.15) is 37.9 Å². The van der Waals surface area contributed by atoms with Gasteiger partial charge in [-0.3, -0.25) is 4.79 Å². The molecule has 2 rings (SSSR count). The molecule has 2 aromatic carbocycles. The Morgan fingerprint density at radius 1 is 1.00 bits per heavy atom. The van der Waals surface area contributed by atoms with Crippen LogP contribution in [-0.2, 0) is 11.2 Å². The van der Waals surface area contributed by atoms with Crippen LogP contribution in [0.25, 0.3) is 0 Å². The van der Waals surface area contributed by atoms with Gasteiger partial charge in [0.1, 0.15) is 5.75 Å². The van der Waals surface area contributed by atoms with Gasteiger partial charge in [0.05, 0.1) is 32.8 Å². The van der Waals surface area contributed by atoms with E-state index in [1.54, 1.807) is 7.11 Å². The zero-order valence-electron chi connectivity index (χ0n) is 15.9. The maximum atomic E-state index is 12.4. The smallest absolute Gasteiger partial charge is 0.224 e. The summed E-state index contributed by atoms with van der Waals surface area (Å²) in [6.45, 7) is 6.93. The zero-order chi connectivity index (χ0) is 18.9. The Balaban J connectivity index is 2.00. The first-order valence-corrected chi connectivity index (χ1v) is 8.89. The molecule has 5 heteroatoms. The van der Waals surface area contributed by atoms with Gasteiger partial charge >= 0.3 is 0 Å². The van der Waals surface area contributed by atoms with Crippen molar-refractivity contribution < 1.29 is 19.0 Å². The Morgan fingerprint density at radius 2 is 1.65 bits per heavy atom. The molecule has 0 spiro atoms. The van der Waals surface area contributed by atoms with Crippen molar-refractivity contribution in [3.05, 3.63) is 53.6 Å². The molecule has 0 saturated carbocycles. The number of methoxy groups -OCH3 is 1. The van der Waals surface area contributed by atoms with Crippen molar-refractivity contribution in [1.29, 1.82) is 0 Å². The highest BCUT2D eigenvalue weighted by molar-refractivity contribution is 5.79. The molecule has 0 aliphatic carbocycles. The lowest BCUT2D eigenvalue weighted by atomic mass is 10.1. The number of ether oxygens (including phenoxy) is 3. The van der Waals surface area contributed by atoms with E-state index in [4.69, 9.17) is 14.2 Å². The second kappa shape index (κ2) is 9.70. The van der Waals surface area contributed by atoms with Gasteiger partial charge < -0.3 is 19.5 Å². The molecule has 0 saturated heterocycles. The van der Waals surface area contributed by atoms with E-state index in [0.29, 0.717) is 24.7 Å². The van der Waals surface area contributed by atoms with Crippen molar-refractivity contribution >= 4 is 5.91 Å². The fraction of sp³-hybridized carbons (Fsp3) is 0.381. The summed E-state index contributed by atoms with van der Waals surface area (Å²) >= 11 is 0. The first-order chi connectivity index (χ1) is 12.6. The number of carbonyl (C=O) groups excluding carboxylic acids is 1. The molecule has 0 fully saturated rings. The van der Waals surface area contributed by atoms with Crippen molar-refractivity contribution in [2.24, 2.45) is 0 Å². The summed E-state index contributed by atoms with van der Waals surface area (Å²) in [7, 11) is 1.63. The molecule has 0 unspecified atom stereocenters. The molecule has 1 atom stereocenters. The minimum Gasteiger partial charge on any atom is -0.497 e. The predicted octanol–water partition coefficient (Wildman–Crippen LogP) is 3.91. The van der Waals surface area contributed by atoms with E-state index in [-0.39, 0.29) is 18.4 Å². The summed E-state index contributed by atoms with van der Waals surface area (Å²) in [6.07, 6.45) is 0.285. The monoisotopic (exact) mass is 357 g/mol. The fourth-order valence-electron chi connectivity index (χ4n) is 2.66. The number of carbonyl (C=O) groups is 1. The van der Waals surface area contributed by atoms with E-state index >= 15 is 0 Å². The van der Waals surface area contributed by atoms with Gasteiger partial charge in [-0.2, -0.15) is 0 Å². The quantitative estimate of drug-likeness (QED) is 0.739. The highest BCUT2D eigenvalue weighted by Gasteiger charge is 2.12. The van der Waals surface area contributed by atoms with Gasteiger partial charge in [-0.25, -0.2) is 0 Å². The number of hydrogen-bond acceptors (Lipinski definition) is 4. The third-order valence-corrected chi connectivity index (χ3v) is 3.97. The summed E-state index contributed by atoms with van der Waals surface area (Å²) in [4.78, 5) is 12.4. The lowest BCUT2D eigenvalue weighted by Crippen LogP contribution is -2.28. The van der Waals surface area contributed by atoms with E-state index in [9.17, 15) is 4.79 Å². The van der Waals surface area contributed by atoms with Gasteiger partial charge in [-0.05, 0) is 56.2 Å². The number of rotatable bonds is 9. The molecule has 0 bridgehead atoms. The molecule has 0 aliphatic rings. The molecule has 1 N–H and O–H groups in total. The standard InChI is InChI=1S/C21H27NO4/c1-5-25-19-12-7-16(13-20(19)26-6-2)14-21(23)22-15(3)17-8-10-18(24-4)11-9-17/h7-13,15H,5-6,14H2,1-4H3,(H,22,23)/t15-/m0/s1. The Hall–Kier alpha value is -2.69. The Labute approximate surface area is 155 Å². The topological polar surface area (TPSA) is 56.8 Å². The van der Waals surface area contributed by atoms with Crippen LogP contribution in [0.5, 0.6) is 17.2 Å². The van der Waals surface area contributed by atoms with Crippen LogP contribution in [0, 0.1) is 0 Å². The van der Waals surface area contributed by atoms with Gasteiger partial charge in [0.2, 0.25) is 5.91 Å². The molecule has 26 heavy (non-hydrogen) atoms. The second-order valence-corrected chi connectivity index (χ2v) is 5.89. The van der Waals surface area contributed by atoms with E-state index < -0.39 is 0 Å². The van der Waals surface area contributed by atoms with Crippen molar-refractivity contribution in [2.45, 2.75) is 33.2 Å². The van der Waals surface area contributed by atoms with Crippen LogP contribution in [0.3, 0.4) is 0 Å². The third kappa shape index (κ3) is 5.41. The molecule has 140 valence electrons. The molecule has 5 nitrogen and oxygen atoms in total. The second-order valence-electron chi connectivity index (χ2n) is 5.89. The maximum absolute atomic E-state index is 12.4. The van der Waals surface area contributed by atoms with E-state index in [0.717, 1.165) is 16.9 Å². The first kappa shape index (κ1) is 19.6. The van der Waals surface area contributed by atoms with Crippen molar-refractivity contribution in [1.82, 2.24) is 5.32 Å².